The lowest BCUT2D eigenvalue weighted by Gasteiger charge is -2.39. The van der Waals surface area contributed by atoms with E-state index in [0.717, 1.165) is 12.0 Å². The van der Waals surface area contributed by atoms with Crippen molar-refractivity contribution in [1.29, 1.82) is 0 Å². The third-order valence-electron chi connectivity index (χ3n) is 4.20. The average Bonchev–Trinajstić information content (AvgIpc) is 2.29. The molecule has 0 bridgehead atoms. The summed E-state index contributed by atoms with van der Waals surface area (Å²) in [6.07, 6.45) is 5.41. The van der Waals surface area contributed by atoms with Crippen molar-refractivity contribution in [2.24, 2.45) is 5.92 Å². The molecule has 0 spiro atoms. The molecule has 17 heavy (non-hydrogen) atoms. The molecule has 0 saturated carbocycles. The van der Waals surface area contributed by atoms with Gasteiger partial charge in [0.2, 0.25) is 0 Å². The van der Waals surface area contributed by atoms with Crippen LogP contribution in [0.25, 0.3) is 0 Å². The van der Waals surface area contributed by atoms with Crippen molar-refractivity contribution in [3.05, 3.63) is 0 Å². The van der Waals surface area contributed by atoms with E-state index in [1.807, 2.05) is 0 Å². The van der Waals surface area contributed by atoms with E-state index < -0.39 is 0 Å². The van der Waals surface area contributed by atoms with Gasteiger partial charge in [0.05, 0.1) is 0 Å². The number of hydrogen-bond acceptors (Lipinski definition) is 2. The minimum Gasteiger partial charge on any atom is -0.312 e. The first-order valence-corrected chi connectivity index (χ1v) is 7.55. The van der Waals surface area contributed by atoms with Crippen molar-refractivity contribution < 1.29 is 0 Å². The van der Waals surface area contributed by atoms with Crippen LogP contribution in [0.5, 0.6) is 0 Å². The van der Waals surface area contributed by atoms with E-state index in [1.54, 1.807) is 0 Å². The Labute approximate surface area is 108 Å². The third kappa shape index (κ3) is 4.59. The molecule has 0 unspecified atom stereocenters. The summed E-state index contributed by atoms with van der Waals surface area (Å²) >= 11 is 0. The standard InChI is InChI=1S/C15H32N2/c1-6-15(12(2)3)16-11-14-9-7-8-10-17(14)13(4)5/h12-16H,6-11H2,1-5H3/t14-,15-/m1/s1. The Kier molecular flexibility index (Phi) is 6.50. The monoisotopic (exact) mass is 240 g/mol. The zero-order valence-electron chi connectivity index (χ0n) is 12.5. The lowest BCUT2D eigenvalue weighted by atomic mass is 9.98. The molecule has 2 nitrogen and oxygen atoms in total. The lowest BCUT2D eigenvalue weighted by molar-refractivity contribution is 0.106. The van der Waals surface area contributed by atoms with Crippen LogP contribution in [0.2, 0.25) is 0 Å². The second-order valence-corrected chi connectivity index (χ2v) is 6.15. The zero-order valence-corrected chi connectivity index (χ0v) is 12.5. The van der Waals surface area contributed by atoms with E-state index in [4.69, 9.17) is 0 Å². The molecule has 2 atom stereocenters. The maximum absolute atomic E-state index is 3.78. The molecule has 0 aliphatic carbocycles. The van der Waals surface area contributed by atoms with Gasteiger partial charge in [-0.25, -0.2) is 0 Å². The highest BCUT2D eigenvalue weighted by Crippen LogP contribution is 2.19. The first-order chi connectivity index (χ1) is 8.06. The number of likely N-dealkylation sites (tertiary alicyclic amines) is 1. The number of nitrogens with zero attached hydrogens (tertiary/aromatic N) is 1. The van der Waals surface area contributed by atoms with E-state index >= 15 is 0 Å². The van der Waals surface area contributed by atoms with Gasteiger partial charge in [0, 0.05) is 24.7 Å². The van der Waals surface area contributed by atoms with Gasteiger partial charge in [-0.15, -0.1) is 0 Å². The van der Waals surface area contributed by atoms with Crippen LogP contribution in [-0.2, 0) is 0 Å². The molecule has 1 aliphatic heterocycles. The van der Waals surface area contributed by atoms with Crippen LogP contribution < -0.4 is 5.32 Å². The van der Waals surface area contributed by atoms with Gasteiger partial charge in [-0.05, 0) is 45.6 Å². The fourth-order valence-corrected chi connectivity index (χ4v) is 3.06. The Balaban J connectivity index is 2.42. The quantitative estimate of drug-likeness (QED) is 0.766. The van der Waals surface area contributed by atoms with Crippen LogP contribution in [-0.4, -0.2) is 36.1 Å². The van der Waals surface area contributed by atoms with Gasteiger partial charge in [0.15, 0.2) is 0 Å². The molecule has 0 amide bonds. The van der Waals surface area contributed by atoms with Gasteiger partial charge in [-0.3, -0.25) is 4.90 Å². The summed E-state index contributed by atoms with van der Waals surface area (Å²) in [7, 11) is 0. The maximum Gasteiger partial charge on any atom is 0.0223 e. The Morgan fingerprint density at radius 3 is 2.41 bits per heavy atom. The third-order valence-corrected chi connectivity index (χ3v) is 4.20. The summed E-state index contributed by atoms with van der Waals surface area (Å²) in [4.78, 5) is 2.68. The van der Waals surface area contributed by atoms with Crippen LogP contribution in [0.15, 0.2) is 0 Å². The van der Waals surface area contributed by atoms with Crippen LogP contribution in [0, 0.1) is 5.92 Å². The van der Waals surface area contributed by atoms with Crippen LogP contribution >= 0.6 is 0 Å². The number of rotatable bonds is 6. The second-order valence-electron chi connectivity index (χ2n) is 6.15. The molecule has 0 aromatic carbocycles. The Bertz CT molecular complexity index is 201. The fraction of sp³-hybridized carbons (Fsp3) is 1.00. The minimum atomic E-state index is 0.686. The highest BCUT2D eigenvalue weighted by atomic mass is 15.2. The summed E-state index contributed by atoms with van der Waals surface area (Å²) in [5.74, 6) is 0.746. The molecule has 2 heteroatoms. The Morgan fingerprint density at radius 2 is 1.88 bits per heavy atom. The van der Waals surface area contributed by atoms with Crippen molar-refractivity contribution in [3.8, 4) is 0 Å². The molecule has 1 aliphatic rings. The van der Waals surface area contributed by atoms with Crippen LogP contribution in [0.3, 0.4) is 0 Å². The molecule has 1 heterocycles. The molecular formula is C15H32N2. The van der Waals surface area contributed by atoms with Gasteiger partial charge >= 0.3 is 0 Å². The minimum absolute atomic E-state index is 0.686. The molecule has 1 rings (SSSR count). The number of piperidine rings is 1. The molecule has 1 saturated heterocycles. The first-order valence-electron chi connectivity index (χ1n) is 7.55. The molecular weight excluding hydrogens is 208 g/mol. The predicted molar refractivity (Wildman–Crippen MR) is 76.4 cm³/mol. The van der Waals surface area contributed by atoms with E-state index in [0.29, 0.717) is 12.1 Å². The molecule has 0 aromatic heterocycles. The normalized spacial score (nSPS) is 24.5. The van der Waals surface area contributed by atoms with Gasteiger partial charge in [0.1, 0.15) is 0 Å². The van der Waals surface area contributed by atoms with Gasteiger partial charge in [-0.1, -0.05) is 27.2 Å². The van der Waals surface area contributed by atoms with Crippen molar-refractivity contribution in [2.75, 3.05) is 13.1 Å². The van der Waals surface area contributed by atoms with E-state index in [1.165, 1.54) is 38.8 Å². The zero-order chi connectivity index (χ0) is 12.8. The highest BCUT2D eigenvalue weighted by Gasteiger charge is 2.25. The van der Waals surface area contributed by atoms with Crippen LogP contribution in [0.1, 0.15) is 60.3 Å². The lowest BCUT2D eigenvalue weighted by Crippen LogP contribution is -2.50. The predicted octanol–water partition coefficient (Wildman–Crippen LogP) is 3.27. The van der Waals surface area contributed by atoms with E-state index in [9.17, 15) is 0 Å². The number of hydrogen-bond donors (Lipinski definition) is 1. The highest BCUT2D eigenvalue weighted by molar-refractivity contribution is 4.82. The Morgan fingerprint density at radius 1 is 1.18 bits per heavy atom. The van der Waals surface area contributed by atoms with Crippen molar-refractivity contribution in [1.82, 2.24) is 10.2 Å². The van der Waals surface area contributed by atoms with E-state index in [2.05, 4.69) is 44.8 Å². The Hall–Kier alpha value is -0.0800. The maximum atomic E-state index is 3.78. The summed E-state index contributed by atoms with van der Waals surface area (Å²) in [5, 5.41) is 3.78. The first kappa shape index (κ1) is 15.0. The SMILES string of the molecule is CC[C@@H](NC[C@H]1CCCCN1C(C)C)C(C)C. The summed E-state index contributed by atoms with van der Waals surface area (Å²) < 4.78 is 0. The summed E-state index contributed by atoms with van der Waals surface area (Å²) in [6, 6.07) is 2.14. The molecule has 0 aromatic rings. The summed E-state index contributed by atoms with van der Waals surface area (Å²) in [5.41, 5.74) is 0. The van der Waals surface area contributed by atoms with Gasteiger partial charge in [-0.2, -0.15) is 0 Å². The molecule has 1 N–H and O–H groups in total. The molecule has 0 radical (unpaired) electrons. The summed E-state index contributed by atoms with van der Waals surface area (Å²) in [6.45, 7) is 14.1. The van der Waals surface area contributed by atoms with Crippen molar-refractivity contribution >= 4 is 0 Å². The second kappa shape index (κ2) is 7.38. The van der Waals surface area contributed by atoms with Gasteiger partial charge < -0.3 is 5.32 Å². The topological polar surface area (TPSA) is 15.3 Å². The fourth-order valence-electron chi connectivity index (χ4n) is 3.06. The largest absolute Gasteiger partial charge is 0.312 e. The van der Waals surface area contributed by atoms with Gasteiger partial charge in [0.25, 0.3) is 0 Å². The smallest absolute Gasteiger partial charge is 0.0223 e. The number of nitrogens with one attached hydrogen (secondary N) is 1. The molecule has 1 fully saturated rings. The van der Waals surface area contributed by atoms with E-state index in [-0.39, 0.29) is 0 Å². The van der Waals surface area contributed by atoms with Crippen molar-refractivity contribution in [3.63, 3.8) is 0 Å². The van der Waals surface area contributed by atoms with Crippen LogP contribution in [0.4, 0.5) is 0 Å². The van der Waals surface area contributed by atoms with Crippen molar-refractivity contribution in [2.45, 2.75) is 78.4 Å². The average molecular weight is 240 g/mol. The molecule has 102 valence electrons.